The van der Waals surface area contributed by atoms with Crippen LogP contribution in [0.15, 0.2) is 10.7 Å². The first kappa shape index (κ1) is 18.8. The van der Waals surface area contributed by atoms with E-state index in [0.717, 1.165) is 12.2 Å². The maximum atomic E-state index is 12.5. The number of ether oxygens (including phenoxy) is 1. The summed E-state index contributed by atoms with van der Waals surface area (Å²) >= 11 is 1.70. The minimum Gasteiger partial charge on any atom is -0.466 e. The third-order valence-corrected chi connectivity index (χ3v) is 4.74. The number of rotatable bonds is 7. The molecule has 2 rings (SSSR count). The molecule has 1 amide bonds. The van der Waals surface area contributed by atoms with Crippen LogP contribution >= 0.6 is 11.8 Å². The van der Waals surface area contributed by atoms with Gasteiger partial charge in [-0.2, -0.15) is 11.8 Å². The number of piperidine rings is 1. The molecule has 2 N–H and O–H groups in total. The predicted octanol–water partition coefficient (Wildman–Crippen LogP) is 1.84. The molecule has 8 heteroatoms. The molecule has 1 aliphatic rings. The maximum absolute atomic E-state index is 12.5. The summed E-state index contributed by atoms with van der Waals surface area (Å²) in [5.41, 5.74) is 6.28. The molecule has 24 heavy (non-hydrogen) atoms. The van der Waals surface area contributed by atoms with E-state index in [0.29, 0.717) is 38.4 Å². The average molecular weight is 355 g/mol. The van der Waals surface area contributed by atoms with Crippen molar-refractivity contribution < 1.29 is 18.7 Å². The molecule has 0 aromatic carbocycles. The van der Waals surface area contributed by atoms with Crippen molar-refractivity contribution in [3.63, 3.8) is 0 Å². The molecule has 134 valence electrons. The fourth-order valence-corrected chi connectivity index (χ4v) is 3.15. The van der Waals surface area contributed by atoms with E-state index in [2.05, 4.69) is 4.98 Å². The number of carbonyl (C=O) groups is 2. The number of nitrogens with two attached hydrogens (primary N) is 1. The molecule has 1 saturated heterocycles. The zero-order valence-corrected chi connectivity index (χ0v) is 15.0. The van der Waals surface area contributed by atoms with Gasteiger partial charge in [0.2, 0.25) is 5.89 Å². The van der Waals surface area contributed by atoms with Crippen molar-refractivity contribution in [1.82, 2.24) is 9.88 Å². The number of hydrogen-bond acceptors (Lipinski definition) is 7. The Morgan fingerprint density at radius 2 is 2.21 bits per heavy atom. The highest BCUT2D eigenvalue weighted by molar-refractivity contribution is 7.98. The van der Waals surface area contributed by atoms with Crippen LogP contribution in [0, 0.1) is 5.92 Å². The highest BCUT2D eigenvalue weighted by atomic mass is 32.2. The number of esters is 1. The van der Waals surface area contributed by atoms with Crippen LogP contribution < -0.4 is 5.73 Å². The minimum atomic E-state index is -0.298. The second-order valence-corrected chi connectivity index (χ2v) is 6.76. The smallest absolute Gasteiger partial charge is 0.309 e. The average Bonchev–Trinajstić information content (AvgIpc) is 3.09. The van der Waals surface area contributed by atoms with E-state index in [1.807, 2.05) is 6.26 Å². The zero-order valence-electron chi connectivity index (χ0n) is 14.2. The molecule has 1 fully saturated rings. The summed E-state index contributed by atoms with van der Waals surface area (Å²) in [6, 6.07) is -0.298. The van der Waals surface area contributed by atoms with Crippen molar-refractivity contribution in [2.75, 3.05) is 31.7 Å². The van der Waals surface area contributed by atoms with E-state index in [4.69, 9.17) is 14.9 Å². The summed E-state index contributed by atoms with van der Waals surface area (Å²) in [5.74, 6) is 0.835. The van der Waals surface area contributed by atoms with Crippen molar-refractivity contribution >= 4 is 23.6 Å². The standard InChI is InChI=1S/C16H25N3O4S/c1-3-22-16(21)11-4-7-19(8-5-11)15(20)13-10-23-14(18-13)12(17)6-9-24-2/h10-12H,3-9,17H2,1-2H3. The van der Waals surface area contributed by atoms with Gasteiger partial charge in [-0.15, -0.1) is 0 Å². The number of hydrogen-bond donors (Lipinski definition) is 1. The molecule has 1 atom stereocenters. The minimum absolute atomic E-state index is 0.123. The molecule has 2 heterocycles. The Morgan fingerprint density at radius 3 is 2.83 bits per heavy atom. The van der Waals surface area contributed by atoms with Gasteiger partial charge in [0.15, 0.2) is 5.69 Å². The monoisotopic (exact) mass is 355 g/mol. The van der Waals surface area contributed by atoms with Crippen molar-refractivity contribution in [3.8, 4) is 0 Å². The number of thioether (sulfide) groups is 1. The Kier molecular flexibility index (Phi) is 7.11. The number of nitrogens with zero attached hydrogens (tertiary/aromatic N) is 2. The van der Waals surface area contributed by atoms with E-state index in [1.165, 1.54) is 6.26 Å². The van der Waals surface area contributed by atoms with Gasteiger partial charge in [0.05, 0.1) is 18.6 Å². The lowest BCUT2D eigenvalue weighted by Gasteiger charge is -2.30. The first-order valence-electron chi connectivity index (χ1n) is 8.22. The summed E-state index contributed by atoms with van der Waals surface area (Å²) in [6.45, 7) is 3.21. The SMILES string of the molecule is CCOC(=O)C1CCN(C(=O)c2coc(C(N)CCSC)n2)CC1. The van der Waals surface area contributed by atoms with Gasteiger partial charge < -0.3 is 19.8 Å². The summed E-state index contributed by atoms with van der Waals surface area (Å²) in [6.07, 6.45) is 5.36. The lowest BCUT2D eigenvalue weighted by molar-refractivity contribution is -0.149. The fraction of sp³-hybridized carbons (Fsp3) is 0.688. The summed E-state index contributed by atoms with van der Waals surface area (Å²) < 4.78 is 10.4. The zero-order chi connectivity index (χ0) is 17.5. The van der Waals surface area contributed by atoms with E-state index >= 15 is 0 Å². The summed E-state index contributed by atoms with van der Waals surface area (Å²) in [7, 11) is 0. The van der Waals surface area contributed by atoms with Gasteiger partial charge in [-0.1, -0.05) is 0 Å². The first-order valence-corrected chi connectivity index (χ1v) is 9.62. The molecule has 7 nitrogen and oxygen atoms in total. The number of amides is 1. The third-order valence-electron chi connectivity index (χ3n) is 4.09. The van der Waals surface area contributed by atoms with Gasteiger partial charge in [0.1, 0.15) is 6.26 Å². The van der Waals surface area contributed by atoms with E-state index < -0.39 is 0 Å². The molecular weight excluding hydrogens is 330 g/mol. The van der Waals surface area contributed by atoms with E-state index in [9.17, 15) is 9.59 Å². The number of carbonyl (C=O) groups excluding carboxylic acids is 2. The number of oxazole rings is 1. The Morgan fingerprint density at radius 1 is 1.50 bits per heavy atom. The largest absolute Gasteiger partial charge is 0.466 e. The van der Waals surface area contributed by atoms with Crippen LogP contribution in [0.25, 0.3) is 0 Å². The third kappa shape index (κ3) is 4.73. The second kappa shape index (κ2) is 9.08. The lowest BCUT2D eigenvalue weighted by atomic mass is 9.97. The van der Waals surface area contributed by atoms with Crippen molar-refractivity contribution in [2.24, 2.45) is 11.7 Å². The van der Waals surface area contributed by atoms with Gasteiger partial charge in [-0.25, -0.2) is 4.98 Å². The molecule has 1 aromatic heterocycles. The normalized spacial score (nSPS) is 16.9. The molecule has 0 bridgehead atoms. The molecule has 0 saturated carbocycles. The first-order chi connectivity index (χ1) is 11.6. The number of likely N-dealkylation sites (tertiary alicyclic amines) is 1. The van der Waals surface area contributed by atoms with Gasteiger partial charge in [-0.3, -0.25) is 9.59 Å². The van der Waals surface area contributed by atoms with Gasteiger partial charge >= 0.3 is 5.97 Å². The topological polar surface area (TPSA) is 98.7 Å². The molecule has 1 unspecified atom stereocenters. The Bertz CT molecular complexity index is 555. The molecule has 0 radical (unpaired) electrons. The molecule has 1 aromatic rings. The van der Waals surface area contributed by atoms with E-state index in [-0.39, 0.29) is 29.5 Å². The highest BCUT2D eigenvalue weighted by Crippen LogP contribution is 2.21. The van der Waals surface area contributed by atoms with Crippen LogP contribution in [0.2, 0.25) is 0 Å². The van der Waals surface area contributed by atoms with Gasteiger partial charge in [0, 0.05) is 13.1 Å². The Balaban J connectivity index is 1.89. The molecule has 1 aliphatic heterocycles. The summed E-state index contributed by atoms with van der Waals surface area (Å²) in [4.78, 5) is 30.2. The van der Waals surface area contributed by atoms with Crippen molar-refractivity contribution in [1.29, 1.82) is 0 Å². The van der Waals surface area contributed by atoms with Crippen LogP contribution in [-0.4, -0.2) is 53.5 Å². The lowest BCUT2D eigenvalue weighted by Crippen LogP contribution is -2.40. The van der Waals surface area contributed by atoms with Crippen LogP contribution in [0.3, 0.4) is 0 Å². The van der Waals surface area contributed by atoms with Crippen LogP contribution in [0.1, 0.15) is 48.6 Å². The maximum Gasteiger partial charge on any atom is 0.309 e. The Hall–Kier alpha value is -1.54. The second-order valence-electron chi connectivity index (χ2n) is 5.78. The molecule has 0 spiro atoms. The quantitative estimate of drug-likeness (QED) is 0.745. The highest BCUT2D eigenvalue weighted by Gasteiger charge is 2.30. The van der Waals surface area contributed by atoms with Crippen molar-refractivity contribution in [2.45, 2.75) is 32.2 Å². The molecule has 0 aliphatic carbocycles. The fourth-order valence-electron chi connectivity index (χ4n) is 2.66. The van der Waals surface area contributed by atoms with Crippen LogP contribution in [-0.2, 0) is 9.53 Å². The summed E-state index contributed by atoms with van der Waals surface area (Å²) in [5, 5.41) is 0. The van der Waals surface area contributed by atoms with Gasteiger partial charge in [0.25, 0.3) is 5.91 Å². The van der Waals surface area contributed by atoms with Crippen LogP contribution in [0.5, 0.6) is 0 Å². The van der Waals surface area contributed by atoms with E-state index in [1.54, 1.807) is 23.6 Å². The molecular formula is C16H25N3O4S. The van der Waals surface area contributed by atoms with Crippen molar-refractivity contribution in [3.05, 3.63) is 17.8 Å². The van der Waals surface area contributed by atoms with Gasteiger partial charge in [-0.05, 0) is 38.2 Å². The predicted molar refractivity (Wildman–Crippen MR) is 91.7 cm³/mol. The number of aromatic nitrogens is 1. The van der Waals surface area contributed by atoms with Crippen LogP contribution in [0.4, 0.5) is 0 Å². The Labute approximate surface area is 146 Å².